The van der Waals surface area contributed by atoms with Crippen molar-refractivity contribution in [3.05, 3.63) is 64.1 Å². The minimum absolute atomic E-state index is 0.204. The first kappa shape index (κ1) is 14.9. The van der Waals surface area contributed by atoms with Gasteiger partial charge in [0.1, 0.15) is 5.75 Å². The lowest BCUT2D eigenvalue weighted by molar-refractivity contribution is 0.0954. The zero-order valence-corrected chi connectivity index (χ0v) is 12.6. The fourth-order valence-corrected chi connectivity index (χ4v) is 2.30. The molecular weight excluding hydrogens is 296 g/mol. The molecule has 0 saturated heterocycles. The molecule has 0 spiro atoms. The summed E-state index contributed by atoms with van der Waals surface area (Å²) in [6, 6.07) is 12.6. The van der Waals surface area contributed by atoms with Crippen molar-refractivity contribution in [2.75, 3.05) is 13.7 Å². The van der Waals surface area contributed by atoms with Gasteiger partial charge in [0.25, 0.3) is 5.91 Å². The summed E-state index contributed by atoms with van der Waals surface area (Å²) in [5.41, 5.74) is 2.51. The molecule has 0 fully saturated rings. The van der Waals surface area contributed by atoms with Gasteiger partial charge in [-0.2, -0.15) is 0 Å². The number of ether oxygens (including phenoxy) is 1. The number of aromatic nitrogens is 1. The Hall–Kier alpha value is -3.02. The van der Waals surface area contributed by atoms with E-state index in [0.29, 0.717) is 23.2 Å². The van der Waals surface area contributed by atoms with Crippen LogP contribution in [0.15, 0.2) is 51.7 Å². The van der Waals surface area contributed by atoms with Crippen molar-refractivity contribution in [3.63, 3.8) is 0 Å². The van der Waals surface area contributed by atoms with E-state index in [1.807, 2.05) is 24.3 Å². The molecule has 23 heavy (non-hydrogen) atoms. The zero-order chi connectivity index (χ0) is 16.2. The average Bonchev–Trinajstić information content (AvgIpc) is 2.94. The van der Waals surface area contributed by atoms with E-state index < -0.39 is 5.76 Å². The molecule has 0 aliphatic carbocycles. The van der Waals surface area contributed by atoms with Crippen molar-refractivity contribution in [1.29, 1.82) is 0 Å². The van der Waals surface area contributed by atoms with E-state index in [-0.39, 0.29) is 5.91 Å². The molecule has 2 aromatic carbocycles. The smallest absolute Gasteiger partial charge is 0.417 e. The lowest BCUT2D eigenvalue weighted by atomic mass is 10.1. The van der Waals surface area contributed by atoms with Crippen LogP contribution in [0.3, 0.4) is 0 Å². The van der Waals surface area contributed by atoms with E-state index in [2.05, 4.69) is 10.3 Å². The monoisotopic (exact) mass is 312 g/mol. The van der Waals surface area contributed by atoms with Crippen LogP contribution < -0.4 is 15.8 Å². The summed E-state index contributed by atoms with van der Waals surface area (Å²) in [6.45, 7) is 0.514. The fraction of sp³-hybridized carbons (Fsp3) is 0.176. The first-order valence-electron chi connectivity index (χ1n) is 7.20. The molecule has 1 aromatic heterocycles. The number of methoxy groups -OCH3 is 1. The molecule has 0 bridgehead atoms. The van der Waals surface area contributed by atoms with Gasteiger partial charge in [0, 0.05) is 12.1 Å². The molecule has 0 aliphatic heterocycles. The number of H-pyrrole nitrogens is 1. The van der Waals surface area contributed by atoms with Crippen LogP contribution in [0, 0.1) is 0 Å². The van der Waals surface area contributed by atoms with Crippen molar-refractivity contribution >= 4 is 17.0 Å². The molecule has 0 saturated carbocycles. The first-order chi connectivity index (χ1) is 11.2. The number of rotatable bonds is 5. The summed E-state index contributed by atoms with van der Waals surface area (Å²) >= 11 is 0. The highest BCUT2D eigenvalue weighted by atomic mass is 16.5. The second-order valence-electron chi connectivity index (χ2n) is 5.08. The summed E-state index contributed by atoms with van der Waals surface area (Å²) < 4.78 is 10.1. The number of benzene rings is 2. The fourth-order valence-electron chi connectivity index (χ4n) is 2.30. The minimum atomic E-state index is -0.530. The Morgan fingerprint density at radius 1 is 1.22 bits per heavy atom. The molecular formula is C17H16N2O4. The normalized spacial score (nSPS) is 10.7. The molecule has 0 radical (unpaired) electrons. The summed E-state index contributed by atoms with van der Waals surface area (Å²) in [7, 11) is 1.62. The van der Waals surface area contributed by atoms with Crippen molar-refractivity contribution in [3.8, 4) is 5.75 Å². The van der Waals surface area contributed by atoms with E-state index in [1.54, 1.807) is 25.3 Å². The standard InChI is InChI=1S/C17H16N2O4/c1-22-13-5-2-11(3-6-13)8-9-18-16(20)12-4-7-14-15(10-12)23-17(21)19-14/h2-7,10H,8-9H2,1H3,(H,18,20)(H,19,21). The lowest BCUT2D eigenvalue weighted by Gasteiger charge is -2.06. The molecule has 6 nitrogen and oxygen atoms in total. The van der Waals surface area contributed by atoms with Crippen LogP contribution in [-0.4, -0.2) is 24.5 Å². The van der Waals surface area contributed by atoms with Gasteiger partial charge in [-0.05, 0) is 42.3 Å². The Kier molecular flexibility index (Phi) is 4.14. The molecule has 1 amide bonds. The maximum atomic E-state index is 12.1. The first-order valence-corrected chi connectivity index (χ1v) is 7.20. The van der Waals surface area contributed by atoms with Gasteiger partial charge in [-0.3, -0.25) is 9.78 Å². The Labute approximate surface area is 132 Å². The summed E-state index contributed by atoms with van der Waals surface area (Å²) in [5.74, 6) is 0.0698. The van der Waals surface area contributed by atoms with Crippen LogP contribution in [0.2, 0.25) is 0 Å². The van der Waals surface area contributed by atoms with Crippen molar-refractivity contribution in [1.82, 2.24) is 10.3 Å². The highest BCUT2D eigenvalue weighted by Gasteiger charge is 2.08. The predicted octanol–water partition coefficient (Wildman–Crippen LogP) is 2.10. The summed E-state index contributed by atoms with van der Waals surface area (Å²) in [6.07, 6.45) is 0.719. The van der Waals surface area contributed by atoms with E-state index >= 15 is 0 Å². The van der Waals surface area contributed by atoms with Gasteiger partial charge in [-0.15, -0.1) is 0 Å². The highest BCUT2D eigenvalue weighted by molar-refractivity contribution is 5.96. The van der Waals surface area contributed by atoms with Crippen LogP contribution in [0.5, 0.6) is 5.75 Å². The number of oxazole rings is 1. The lowest BCUT2D eigenvalue weighted by Crippen LogP contribution is -2.25. The van der Waals surface area contributed by atoms with Gasteiger partial charge in [0.05, 0.1) is 12.6 Å². The van der Waals surface area contributed by atoms with E-state index in [9.17, 15) is 9.59 Å². The number of fused-ring (bicyclic) bond motifs is 1. The Morgan fingerprint density at radius 3 is 2.74 bits per heavy atom. The maximum absolute atomic E-state index is 12.1. The largest absolute Gasteiger partial charge is 0.497 e. The SMILES string of the molecule is COc1ccc(CCNC(=O)c2ccc3[nH]c(=O)oc3c2)cc1. The molecule has 118 valence electrons. The molecule has 0 unspecified atom stereocenters. The molecule has 3 aromatic rings. The zero-order valence-electron chi connectivity index (χ0n) is 12.6. The molecule has 3 rings (SSSR count). The Bertz CT molecular complexity index is 877. The molecule has 0 atom stereocenters. The number of nitrogens with one attached hydrogen (secondary N) is 2. The summed E-state index contributed by atoms with van der Waals surface area (Å²) in [4.78, 5) is 25.8. The van der Waals surface area contributed by atoms with Crippen LogP contribution in [-0.2, 0) is 6.42 Å². The van der Waals surface area contributed by atoms with Gasteiger partial charge in [0.15, 0.2) is 5.58 Å². The molecule has 6 heteroatoms. The van der Waals surface area contributed by atoms with Crippen molar-refractivity contribution in [2.24, 2.45) is 0 Å². The number of carbonyl (C=O) groups excluding carboxylic acids is 1. The van der Waals surface area contributed by atoms with Crippen molar-refractivity contribution < 1.29 is 13.9 Å². The number of aromatic amines is 1. The van der Waals surface area contributed by atoms with Crippen LogP contribution in [0.25, 0.3) is 11.1 Å². The quantitative estimate of drug-likeness (QED) is 0.755. The third-order valence-electron chi connectivity index (χ3n) is 3.54. The van der Waals surface area contributed by atoms with Gasteiger partial charge in [0.2, 0.25) is 0 Å². The Morgan fingerprint density at radius 2 is 2.00 bits per heavy atom. The summed E-state index contributed by atoms with van der Waals surface area (Å²) in [5, 5.41) is 2.85. The van der Waals surface area contributed by atoms with E-state index in [1.165, 1.54) is 0 Å². The number of hydrogen-bond donors (Lipinski definition) is 2. The predicted molar refractivity (Wildman–Crippen MR) is 85.9 cm³/mol. The van der Waals surface area contributed by atoms with Crippen molar-refractivity contribution in [2.45, 2.75) is 6.42 Å². The molecule has 2 N–H and O–H groups in total. The molecule has 0 aliphatic rings. The van der Waals surface area contributed by atoms with Crippen LogP contribution >= 0.6 is 0 Å². The van der Waals surface area contributed by atoms with Gasteiger partial charge < -0.3 is 14.5 Å². The van der Waals surface area contributed by atoms with E-state index in [4.69, 9.17) is 9.15 Å². The maximum Gasteiger partial charge on any atom is 0.417 e. The second-order valence-corrected chi connectivity index (χ2v) is 5.08. The number of carbonyl (C=O) groups is 1. The number of hydrogen-bond acceptors (Lipinski definition) is 4. The van der Waals surface area contributed by atoms with Gasteiger partial charge >= 0.3 is 5.76 Å². The van der Waals surface area contributed by atoms with Gasteiger partial charge in [-0.25, -0.2) is 4.79 Å². The van der Waals surface area contributed by atoms with Crippen LogP contribution in [0.1, 0.15) is 15.9 Å². The minimum Gasteiger partial charge on any atom is -0.497 e. The topological polar surface area (TPSA) is 84.3 Å². The van der Waals surface area contributed by atoms with Gasteiger partial charge in [-0.1, -0.05) is 12.1 Å². The van der Waals surface area contributed by atoms with Crippen LogP contribution in [0.4, 0.5) is 0 Å². The average molecular weight is 312 g/mol. The third kappa shape index (κ3) is 3.42. The van der Waals surface area contributed by atoms with E-state index in [0.717, 1.165) is 17.7 Å². The third-order valence-corrected chi connectivity index (χ3v) is 3.54. The molecule has 1 heterocycles. The second kappa shape index (κ2) is 6.39. The number of amides is 1. The highest BCUT2D eigenvalue weighted by Crippen LogP contribution is 2.13. The Balaban J connectivity index is 1.60.